The van der Waals surface area contributed by atoms with Crippen LogP contribution < -0.4 is 5.73 Å². The number of rotatable bonds is 5. The van der Waals surface area contributed by atoms with E-state index >= 15 is 0 Å². The summed E-state index contributed by atoms with van der Waals surface area (Å²) in [5.74, 6) is 0. The first-order valence-electron chi connectivity index (χ1n) is 5.73. The normalized spacial score (nSPS) is 11.4. The van der Waals surface area contributed by atoms with E-state index in [0.29, 0.717) is 12.6 Å². The lowest BCUT2D eigenvalue weighted by Gasteiger charge is -2.26. The fourth-order valence-corrected chi connectivity index (χ4v) is 1.98. The summed E-state index contributed by atoms with van der Waals surface area (Å²) in [5, 5.41) is 0.850. The predicted molar refractivity (Wildman–Crippen MR) is 70.8 cm³/mol. The van der Waals surface area contributed by atoms with Gasteiger partial charge in [-0.2, -0.15) is 0 Å². The van der Waals surface area contributed by atoms with Crippen LogP contribution in [0.5, 0.6) is 0 Å². The monoisotopic (exact) mass is 240 g/mol. The van der Waals surface area contributed by atoms with Gasteiger partial charge in [-0.05, 0) is 38.0 Å². The topological polar surface area (TPSA) is 29.3 Å². The highest BCUT2D eigenvalue weighted by Gasteiger charge is 2.10. The molecule has 2 nitrogen and oxygen atoms in total. The Morgan fingerprint density at radius 3 is 2.56 bits per heavy atom. The van der Waals surface area contributed by atoms with Crippen molar-refractivity contribution in [1.29, 1.82) is 0 Å². The molecule has 0 fully saturated rings. The fourth-order valence-electron chi connectivity index (χ4n) is 1.69. The Morgan fingerprint density at radius 1 is 1.38 bits per heavy atom. The Hall–Kier alpha value is -0.570. The molecule has 0 saturated heterocycles. The van der Waals surface area contributed by atoms with Gasteiger partial charge in [-0.25, -0.2) is 0 Å². The molecule has 1 rings (SSSR count). The van der Waals surface area contributed by atoms with Crippen LogP contribution in [0.25, 0.3) is 0 Å². The van der Waals surface area contributed by atoms with Crippen LogP contribution in [0, 0.1) is 6.92 Å². The summed E-state index contributed by atoms with van der Waals surface area (Å²) < 4.78 is 0. The summed E-state index contributed by atoms with van der Waals surface area (Å²) in [6, 6.07) is 6.70. The Kier molecular flexibility index (Phi) is 5.26. The number of hydrogen-bond donors (Lipinski definition) is 1. The standard InChI is InChI=1S/C13H21ClN2/c1-10(2)16(7-6-15)9-12-5-4-11(3)8-13(12)14/h4-5,8,10H,6-7,9,15H2,1-3H3. The molecule has 0 radical (unpaired) electrons. The maximum Gasteiger partial charge on any atom is 0.0453 e. The van der Waals surface area contributed by atoms with Crippen molar-refractivity contribution in [2.24, 2.45) is 5.73 Å². The number of hydrogen-bond acceptors (Lipinski definition) is 2. The lowest BCUT2D eigenvalue weighted by atomic mass is 10.1. The van der Waals surface area contributed by atoms with Gasteiger partial charge < -0.3 is 5.73 Å². The van der Waals surface area contributed by atoms with Gasteiger partial charge in [0.2, 0.25) is 0 Å². The quantitative estimate of drug-likeness (QED) is 0.858. The van der Waals surface area contributed by atoms with Crippen molar-refractivity contribution in [2.75, 3.05) is 13.1 Å². The number of aryl methyl sites for hydroxylation is 1. The molecule has 0 aliphatic heterocycles. The van der Waals surface area contributed by atoms with Crippen LogP contribution in [-0.2, 0) is 6.54 Å². The van der Waals surface area contributed by atoms with E-state index in [1.54, 1.807) is 0 Å². The molecule has 0 unspecified atom stereocenters. The Bertz CT molecular complexity index is 337. The first kappa shape index (κ1) is 13.5. The Balaban J connectivity index is 2.77. The summed E-state index contributed by atoms with van der Waals surface area (Å²) in [5.41, 5.74) is 7.98. The molecule has 16 heavy (non-hydrogen) atoms. The zero-order valence-electron chi connectivity index (χ0n) is 10.3. The number of nitrogens with zero attached hydrogens (tertiary/aromatic N) is 1. The van der Waals surface area contributed by atoms with Gasteiger partial charge in [0.1, 0.15) is 0 Å². The molecule has 0 aliphatic rings. The van der Waals surface area contributed by atoms with Gasteiger partial charge in [0, 0.05) is 30.7 Å². The number of halogens is 1. The fraction of sp³-hybridized carbons (Fsp3) is 0.538. The predicted octanol–water partition coefficient (Wildman–Crippen LogP) is 2.82. The molecule has 1 aromatic rings. The molecule has 0 spiro atoms. The van der Waals surface area contributed by atoms with Gasteiger partial charge in [-0.15, -0.1) is 0 Å². The number of benzene rings is 1. The van der Waals surface area contributed by atoms with E-state index in [9.17, 15) is 0 Å². The van der Waals surface area contributed by atoms with E-state index in [2.05, 4.69) is 37.8 Å². The SMILES string of the molecule is Cc1ccc(CN(CCN)C(C)C)c(Cl)c1. The molecule has 3 heteroatoms. The van der Waals surface area contributed by atoms with Crippen molar-refractivity contribution in [1.82, 2.24) is 4.90 Å². The molecule has 0 atom stereocenters. The molecular formula is C13H21ClN2. The summed E-state index contributed by atoms with van der Waals surface area (Å²) in [6.07, 6.45) is 0. The molecule has 0 amide bonds. The molecule has 2 N–H and O–H groups in total. The minimum atomic E-state index is 0.487. The average Bonchev–Trinajstić information content (AvgIpc) is 2.20. The highest BCUT2D eigenvalue weighted by Crippen LogP contribution is 2.20. The van der Waals surface area contributed by atoms with Crippen LogP contribution in [0.3, 0.4) is 0 Å². The van der Waals surface area contributed by atoms with Crippen LogP contribution in [0.4, 0.5) is 0 Å². The maximum atomic E-state index is 6.22. The van der Waals surface area contributed by atoms with E-state index in [4.69, 9.17) is 17.3 Å². The molecule has 0 heterocycles. The molecular weight excluding hydrogens is 220 g/mol. The molecule has 0 saturated carbocycles. The summed E-state index contributed by atoms with van der Waals surface area (Å²) in [4.78, 5) is 2.33. The maximum absolute atomic E-state index is 6.22. The van der Waals surface area contributed by atoms with E-state index in [1.165, 1.54) is 11.1 Å². The van der Waals surface area contributed by atoms with Gasteiger partial charge in [-0.1, -0.05) is 23.7 Å². The average molecular weight is 241 g/mol. The van der Waals surface area contributed by atoms with Crippen molar-refractivity contribution in [3.63, 3.8) is 0 Å². The van der Waals surface area contributed by atoms with Crippen molar-refractivity contribution in [2.45, 2.75) is 33.4 Å². The van der Waals surface area contributed by atoms with Crippen molar-refractivity contribution in [3.8, 4) is 0 Å². The summed E-state index contributed by atoms with van der Waals surface area (Å²) >= 11 is 6.22. The van der Waals surface area contributed by atoms with Crippen molar-refractivity contribution in [3.05, 3.63) is 34.3 Å². The summed E-state index contributed by atoms with van der Waals surface area (Å²) in [7, 11) is 0. The summed E-state index contributed by atoms with van der Waals surface area (Å²) in [6.45, 7) is 8.86. The highest BCUT2D eigenvalue weighted by atomic mass is 35.5. The molecule has 1 aromatic carbocycles. The van der Waals surface area contributed by atoms with Gasteiger partial charge in [0.05, 0.1) is 0 Å². The Labute approximate surface area is 103 Å². The minimum absolute atomic E-state index is 0.487. The van der Waals surface area contributed by atoms with Gasteiger partial charge in [0.25, 0.3) is 0 Å². The lowest BCUT2D eigenvalue weighted by Crippen LogP contribution is -2.34. The van der Waals surface area contributed by atoms with Crippen LogP contribution in [-0.4, -0.2) is 24.0 Å². The van der Waals surface area contributed by atoms with Gasteiger partial charge in [0.15, 0.2) is 0 Å². The molecule has 90 valence electrons. The van der Waals surface area contributed by atoms with Crippen molar-refractivity contribution < 1.29 is 0 Å². The lowest BCUT2D eigenvalue weighted by molar-refractivity contribution is 0.219. The first-order chi connectivity index (χ1) is 7.54. The molecule has 0 aliphatic carbocycles. The Morgan fingerprint density at radius 2 is 2.06 bits per heavy atom. The van der Waals surface area contributed by atoms with Crippen molar-refractivity contribution >= 4 is 11.6 Å². The van der Waals surface area contributed by atoms with Gasteiger partial charge >= 0.3 is 0 Å². The molecule has 0 bridgehead atoms. The second-order valence-electron chi connectivity index (χ2n) is 4.45. The smallest absolute Gasteiger partial charge is 0.0453 e. The second kappa shape index (κ2) is 6.24. The first-order valence-corrected chi connectivity index (χ1v) is 6.11. The third-order valence-electron chi connectivity index (χ3n) is 2.73. The zero-order valence-corrected chi connectivity index (χ0v) is 11.1. The largest absolute Gasteiger partial charge is 0.329 e. The third kappa shape index (κ3) is 3.78. The van der Waals surface area contributed by atoms with E-state index < -0.39 is 0 Å². The molecule has 0 aromatic heterocycles. The number of nitrogens with two attached hydrogens (primary N) is 1. The third-order valence-corrected chi connectivity index (χ3v) is 3.08. The van der Waals surface area contributed by atoms with Crippen LogP contribution >= 0.6 is 11.6 Å². The van der Waals surface area contributed by atoms with E-state index in [0.717, 1.165) is 18.1 Å². The van der Waals surface area contributed by atoms with Crippen LogP contribution in [0.2, 0.25) is 5.02 Å². The van der Waals surface area contributed by atoms with E-state index in [1.807, 2.05) is 6.07 Å². The highest BCUT2D eigenvalue weighted by molar-refractivity contribution is 6.31. The van der Waals surface area contributed by atoms with Gasteiger partial charge in [-0.3, -0.25) is 4.90 Å². The van der Waals surface area contributed by atoms with Crippen LogP contribution in [0.1, 0.15) is 25.0 Å². The zero-order chi connectivity index (χ0) is 12.1. The minimum Gasteiger partial charge on any atom is -0.329 e. The van der Waals surface area contributed by atoms with Crippen LogP contribution in [0.15, 0.2) is 18.2 Å². The second-order valence-corrected chi connectivity index (χ2v) is 4.85. The van der Waals surface area contributed by atoms with E-state index in [-0.39, 0.29) is 0 Å².